The number of aliphatic hydroxyl groups excluding tert-OH is 2. The van der Waals surface area contributed by atoms with Crippen molar-refractivity contribution in [1.82, 2.24) is 0 Å². The molecule has 1 heterocycles. The summed E-state index contributed by atoms with van der Waals surface area (Å²) < 4.78 is 28.3. The number of aliphatic hydroxyl groups is 2. The van der Waals surface area contributed by atoms with E-state index in [0.29, 0.717) is 25.7 Å². The highest BCUT2D eigenvalue weighted by molar-refractivity contribution is 5.74. The maximum atomic E-state index is 13.1. The van der Waals surface area contributed by atoms with Crippen molar-refractivity contribution in [2.45, 2.75) is 250 Å². The molecule has 0 amide bonds. The molecule has 3 N–H and O–H groups in total. The predicted molar refractivity (Wildman–Crippen MR) is 312 cm³/mol. The lowest BCUT2D eigenvalue weighted by Gasteiger charge is -2.40. The first-order valence-corrected chi connectivity index (χ1v) is 29.5. The summed E-state index contributed by atoms with van der Waals surface area (Å²) in [6.07, 6.45) is 58.9. The largest absolute Gasteiger partial charge is 0.479 e. The summed E-state index contributed by atoms with van der Waals surface area (Å²) in [6, 6.07) is 0. The maximum Gasteiger partial charge on any atom is 0.335 e. The lowest BCUT2D eigenvalue weighted by molar-refractivity contribution is -0.301. The van der Waals surface area contributed by atoms with E-state index in [2.05, 4.69) is 130 Å². The van der Waals surface area contributed by atoms with Gasteiger partial charge in [-0.15, -0.1) is 0 Å². The van der Waals surface area contributed by atoms with E-state index in [0.717, 1.165) is 135 Å². The molecule has 77 heavy (non-hydrogen) atoms. The summed E-state index contributed by atoms with van der Waals surface area (Å²) in [5, 5.41) is 31.5. The lowest BCUT2D eigenvalue weighted by Crippen LogP contribution is -2.61. The van der Waals surface area contributed by atoms with E-state index < -0.39 is 67.3 Å². The highest BCUT2D eigenvalue weighted by atomic mass is 16.7. The van der Waals surface area contributed by atoms with E-state index in [9.17, 15) is 34.5 Å². The molecule has 0 spiro atoms. The van der Waals surface area contributed by atoms with Crippen molar-refractivity contribution in [2.24, 2.45) is 0 Å². The molecule has 0 aromatic carbocycles. The summed E-state index contributed by atoms with van der Waals surface area (Å²) in [6.45, 7) is 5.66. The van der Waals surface area contributed by atoms with Crippen molar-refractivity contribution in [3.63, 3.8) is 0 Å². The first kappa shape index (κ1) is 70.1. The van der Waals surface area contributed by atoms with Crippen molar-refractivity contribution in [3.8, 4) is 0 Å². The normalized spacial score (nSPS) is 18.9. The Morgan fingerprint density at radius 1 is 0.442 bits per heavy atom. The number of aliphatic carboxylic acids is 1. The number of carboxylic acid groups (broad SMARTS) is 1. The molecule has 12 nitrogen and oxygen atoms in total. The van der Waals surface area contributed by atoms with Crippen molar-refractivity contribution in [1.29, 1.82) is 0 Å². The van der Waals surface area contributed by atoms with Crippen LogP contribution in [0, 0.1) is 0 Å². The number of ether oxygens (including phenoxy) is 5. The number of hydrogen-bond acceptors (Lipinski definition) is 11. The molecule has 1 aliphatic rings. The van der Waals surface area contributed by atoms with Crippen molar-refractivity contribution in [3.05, 3.63) is 122 Å². The van der Waals surface area contributed by atoms with E-state index in [1.54, 1.807) is 0 Å². The molecular formula is C65H102O12. The van der Waals surface area contributed by atoms with Crippen molar-refractivity contribution in [2.75, 3.05) is 13.2 Å². The minimum absolute atomic E-state index is 0.0261. The Hall–Kier alpha value is -4.88. The number of esters is 3. The van der Waals surface area contributed by atoms with E-state index in [4.69, 9.17) is 23.7 Å². The standard InChI is InChI=1S/C65H102O12/c1-4-7-10-13-16-19-22-24-26-28-29-31-32-34-37-39-42-45-48-51-57(66)73-54-56(75-58(67)52-49-46-43-40-36-21-18-15-12-9-6-3)55-74-65-63(61(70)60(69)62(77-65)64(71)72)76-59(68)53-50-47-44-41-38-35-33-30-27-25-23-20-17-14-11-8-5-2/h7-8,10-11,15-20,24-27,29,31,33,35,41,44,56,60-63,65,69-70H,4-6,9,12-14,21-23,28,30,32,34,36-40,42-43,45-55H2,1-3H3,(H,71,72)/b10-7-,11-8-,18-15-,19-16-,20-17-,26-24-,27-25-,31-29-,35-33-,44-41-. The fourth-order valence-electron chi connectivity index (χ4n) is 8.02. The Kier molecular flexibility index (Phi) is 47.2. The fraction of sp³-hybridized carbons (Fsp3) is 0.631. The van der Waals surface area contributed by atoms with Gasteiger partial charge < -0.3 is 39.0 Å². The second-order valence-corrected chi connectivity index (χ2v) is 19.5. The van der Waals surface area contributed by atoms with Crippen LogP contribution in [0.5, 0.6) is 0 Å². The van der Waals surface area contributed by atoms with Gasteiger partial charge in [-0.25, -0.2) is 4.79 Å². The molecule has 1 fully saturated rings. The number of carbonyl (C=O) groups is 4. The average Bonchev–Trinajstić information content (AvgIpc) is 3.42. The van der Waals surface area contributed by atoms with E-state index in [-0.39, 0.29) is 25.9 Å². The lowest BCUT2D eigenvalue weighted by atomic mass is 9.98. The molecule has 434 valence electrons. The number of allylic oxidation sites excluding steroid dienone is 20. The Balaban J connectivity index is 2.71. The zero-order valence-corrected chi connectivity index (χ0v) is 47.7. The number of unbranched alkanes of at least 4 members (excludes halogenated alkanes) is 14. The van der Waals surface area contributed by atoms with Crippen LogP contribution in [0.1, 0.15) is 213 Å². The molecule has 12 heteroatoms. The van der Waals surface area contributed by atoms with Gasteiger partial charge in [0.15, 0.2) is 24.6 Å². The van der Waals surface area contributed by atoms with Crippen LogP contribution in [-0.4, -0.2) is 89.2 Å². The van der Waals surface area contributed by atoms with Crippen LogP contribution in [-0.2, 0) is 42.9 Å². The molecule has 0 saturated carbocycles. The quantitative estimate of drug-likeness (QED) is 0.0228. The van der Waals surface area contributed by atoms with E-state index in [1.807, 2.05) is 12.2 Å². The molecule has 1 aliphatic heterocycles. The van der Waals surface area contributed by atoms with Crippen molar-refractivity contribution >= 4 is 23.9 Å². The summed E-state index contributed by atoms with van der Waals surface area (Å²) in [7, 11) is 0. The molecule has 1 saturated heterocycles. The number of rotatable bonds is 48. The minimum Gasteiger partial charge on any atom is -0.479 e. The van der Waals surface area contributed by atoms with Gasteiger partial charge in [0.05, 0.1) is 6.61 Å². The minimum atomic E-state index is -1.93. The smallest absolute Gasteiger partial charge is 0.335 e. The molecule has 0 aliphatic carbocycles. The molecule has 0 bridgehead atoms. The van der Waals surface area contributed by atoms with Crippen LogP contribution in [0.25, 0.3) is 0 Å². The Morgan fingerprint density at radius 2 is 0.831 bits per heavy atom. The Morgan fingerprint density at radius 3 is 1.30 bits per heavy atom. The van der Waals surface area contributed by atoms with Gasteiger partial charge in [-0.1, -0.05) is 200 Å². The first-order valence-electron chi connectivity index (χ1n) is 29.5. The van der Waals surface area contributed by atoms with Crippen LogP contribution in [0.4, 0.5) is 0 Å². The van der Waals surface area contributed by atoms with Gasteiger partial charge in [-0.2, -0.15) is 0 Å². The summed E-state index contributed by atoms with van der Waals surface area (Å²) in [5.41, 5.74) is 0. The van der Waals surface area contributed by atoms with Crippen LogP contribution >= 0.6 is 0 Å². The van der Waals surface area contributed by atoms with Gasteiger partial charge >= 0.3 is 23.9 Å². The molecule has 0 radical (unpaired) electrons. The molecule has 6 atom stereocenters. The molecule has 0 aromatic rings. The third-order valence-corrected chi connectivity index (χ3v) is 12.5. The second-order valence-electron chi connectivity index (χ2n) is 19.5. The topological polar surface area (TPSA) is 175 Å². The highest BCUT2D eigenvalue weighted by Gasteiger charge is 2.50. The number of carboxylic acids is 1. The van der Waals surface area contributed by atoms with Crippen molar-refractivity contribution < 1.29 is 58.2 Å². The van der Waals surface area contributed by atoms with Crippen LogP contribution in [0.2, 0.25) is 0 Å². The highest BCUT2D eigenvalue weighted by Crippen LogP contribution is 2.26. The number of carbonyl (C=O) groups excluding carboxylic acids is 3. The second kappa shape index (κ2) is 51.9. The zero-order valence-electron chi connectivity index (χ0n) is 47.7. The first-order chi connectivity index (χ1) is 37.6. The SMILES string of the molecule is CC/C=C\C/C=C\C/C=C\C/C=C\C/C=C\CCCC(=O)OC1C(OCC(COC(=O)CCCCCCCC/C=C\C/C=C\C/C=C\C/C=C\CC)OC(=O)CCCCCCC/C=C\CCCC)OC(C(=O)O)C(O)C1O. The average molecular weight is 1080 g/mol. The van der Waals surface area contributed by atoms with Crippen LogP contribution in [0.15, 0.2) is 122 Å². The van der Waals surface area contributed by atoms with E-state index >= 15 is 0 Å². The van der Waals surface area contributed by atoms with Gasteiger partial charge in [-0.3, -0.25) is 14.4 Å². The van der Waals surface area contributed by atoms with Gasteiger partial charge in [0, 0.05) is 19.3 Å². The van der Waals surface area contributed by atoms with Gasteiger partial charge in [0.25, 0.3) is 0 Å². The number of hydrogen-bond donors (Lipinski definition) is 3. The molecule has 1 rings (SSSR count). The van der Waals surface area contributed by atoms with Crippen LogP contribution < -0.4 is 0 Å². The van der Waals surface area contributed by atoms with Gasteiger partial charge in [0.2, 0.25) is 0 Å². The molecular weight excluding hydrogens is 973 g/mol. The molecule has 0 aromatic heterocycles. The Bertz CT molecular complexity index is 1800. The van der Waals surface area contributed by atoms with Gasteiger partial charge in [0.1, 0.15) is 18.8 Å². The fourth-order valence-corrected chi connectivity index (χ4v) is 8.02. The maximum absolute atomic E-state index is 13.1. The summed E-state index contributed by atoms with van der Waals surface area (Å²) in [4.78, 5) is 51.1. The monoisotopic (exact) mass is 1070 g/mol. The third kappa shape index (κ3) is 41.8. The summed E-state index contributed by atoms with van der Waals surface area (Å²) >= 11 is 0. The predicted octanol–water partition coefficient (Wildman–Crippen LogP) is 15.2. The van der Waals surface area contributed by atoms with Crippen LogP contribution in [0.3, 0.4) is 0 Å². The van der Waals surface area contributed by atoms with E-state index in [1.165, 1.54) is 12.8 Å². The Labute approximate surface area is 465 Å². The summed E-state index contributed by atoms with van der Waals surface area (Å²) in [5.74, 6) is -3.24. The third-order valence-electron chi connectivity index (χ3n) is 12.5. The van der Waals surface area contributed by atoms with Gasteiger partial charge in [-0.05, 0) is 116 Å². The molecule has 6 unspecified atom stereocenters. The zero-order chi connectivity index (χ0) is 56.1.